The van der Waals surface area contributed by atoms with Crippen LogP contribution in [0.1, 0.15) is 60.7 Å². The summed E-state index contributed by atoms with van der Waals surface area (Å²) in [5, 5.41) is 3.83. The SMILES string of the molecule is C[C@H]1CC[C@H](c2ccc3sc(CN(C)C)nc3c2)N(C(=O)C(=O)Nc2cnc(N)c(C3CC3)c2)C1. The van der Waals surface area contributed by atoms with E-state index in [2.05, 4.69) is 40.3 Å². The van der Waals surface area contributed by atoms with Crippen LogP contribution in [0.25, 0.3) is 10.2 Å². The van der Waals surface area contributed by atoms with Gasteiger partial charge in [-0.1, -0.05) is 13.0 Å². The van der Waals surface area contributed by atoms with E-state index in [4.69, 9.17) is 10.7 Å². The van der Waals surface area contributed by atoms with Crippen molar-refractivity contribution in [1.82, 2.24) is 19.8 Å². The fraction of sp³-hybridized carbons (Fsp3) is 0.462. The van der Waals surface area contributed by atoms with Gasteiger partial charge in [0.2, 0.25) is 0 Å². The number of nitrogens with two attached hydrogens (primary N) is 1. The summed E-state index contributed by atoms with van der Waals surface area (Å²) < 4.78 is 1.13. The van der Waals surface area contributed by atoms with Gasteiger partial charge in [-0.15, -0.1) is 11.3 Å². The quantitative estimate of drug-likeness (QED) is 0.519. The Bertz CT molecular complexity index is 1270. The third-order valence-electron chi connectivity index (χ3n) is 6.79. The van der Waals surface area contributed by atoms with E-state index >= 15 is 0 Å². The molecule has 0 unspecified atom stereocenters. The molecular weight excluding hydrogens is 460 g/mol. The Morgan fingerprint density at radius 3 is 2.74 bits per heavy atom. The van der Waals surface area contributed by atoms with Crippen molar-refractivity contribution in [2.75, 3.05) is 31.7 Å². The molecule has 5 rings (SSSR count). The van der Waals surface area contributed by atoms with Crippen LogP contribution in [0.3, 0.4) is 0 Å². The average Bonchev–Trinajstić information content (AvgIpc) is 3.58. The van der Waals surface area contributed by atoms with Crippen molar-refractivity contribution in [2.24, 2.45) is 5.92 Å². The van der Waals surface area contributed by atoms with Crippen LogP contribution in [0.5, 0.6) is 0 Å². The minimum atomic E-state index is -0.638. The van der Waals surface area contributed by atoms with E-state index < -0.39 is 11.8 Å². The Morgan fingerprint density at radius 1 is 1.20 bits per heavy atom. The number of amides is 2. The number of hydrogen-bond acceptors (Lipinski definition) is 7. The number of rotatable bonds is 5. The largest absolute Gasteiger partial charge is 0.383 e. The number of fused-ring (bicyclic) bond motifs is 1. The number of nitrogens with one attached hydrogen (secondary N) is 1. The number of piperidine rings is 1. The molecule has 2 fully saturated rings. The van der Waals surface area contributed by atoms with Crippen LogP contribution in [-0.2, 0) is 16.1 Å². The lowest BCUT2D eigenvalue weighted by Gasteiger charge is -2.38. The number of likely N-dealkylation sites (tertiary alicyclic amines) is 1. The number of nitrogen functional groups attached to an aromatic ring is 1. The minimum Gasteiger partial charge on any atom is -0.383 e. The predicted molar refractivity (Wildman–Crippen MR) is 139 cm³/mol. The van der Waals surface area contributed by atoms with Crippen molar-refractivity contribution in [3.63, 3.8) is 0 Å². The summed E-state index contributed by atoms with van der Waals surface area (Å²) in [4.78, 5) is 39.2. The second kappa shape index (κ2) is 9.54. The number of thiazole rings is 1. The number of carbonyl (C=O) groups excluding carboxylic acids is 2. The number of nitrogens with zero attached hydrogens (tertiary/aromatic N) is 4. The number of hydrogen-bond donors (Lipinski definition) is 2. The zero-order chi connectivity index (χ0) is 24.7. The van der Waals surface area contributed by atoms with E-state index in [0.717, 1.165) is 58.6 Å². The van der Waals surface area contributed by atoms with E-state index in [1.54, 1.807) is 16.2 Å². The van der Waals surface area contributed by atoms with Crippen molar-refractivity contribution in [3.8, 4) is 0 Å². The first kappa shape index (κ1) is 23.7. The molecule has 0 bridgehead atoms. The molecule has 9 heteroatoms. The highest BCUT2D eigenvalue weighted by Gasteiger charge is 2.35. The molecule has 2 aromatic heterocycles. The summed E-state index contributed by atoms with van der Waals surface area (Å²) in [6.45, 7) is 3.46. The molecule has 3 aromatic rings. The highest BCUT2D eigenvalue weighted by Crippen LogP contribution is 2.43. The Labute approximate surface area is 209 Å². The molecule has 3 N–H and O–H groups in total. The monoisotopic (exact) mass is 492 g/mol. The first-order valence-corrected chi connectivity index (χ1v) is 13.0. The van der Waals surface area contributed by atoms with E-state index in [1.807, 2.05) is 20.2 Å². The van der Waals surface area contributed by atoms with Gasteiger partial charge in [-0.2, -0.15) is 0 Å². The molecule has 0 radical (unpaired) electrons. The van der Waals surface area contributed by atoms with Gasteiger partial charge in [0.1, 0.15) is 10.8 Å². The van der Waals surface area contributed by atoms with E-state index in [-0.39, 0.29) is 6.04 Å². The lowest BCUT2D eigenvalue weighted by Crippen LogP contribution is -2.46. The summed E-state index contributed by atoms with van der Waals surface area (Å²) in [6, 6.07) is 7.93. The van der Waals surface area contributed by atoms with Gasteiger partial charge in [0.15, 0.2) is 0 Å². The molecule has 1 aliphatic carbocycles. The molecular formula is C26H32N6O2S. The number of benzene rings is 1. The Balaban J connectivity index is 1.36. The fourth-order valence-electron chi connectivity index (χ4n) is 4.86. The van der Waals surface area contributed by atoms with Gasteiger partial charge >= 0.3 is 11.8 Å². The van der Waals surface area contributed by atoms with E-state index in [1.165, 1.54) is 6.20 Å². The first-order chi connectivity index (χ1) is 16.8. The highest BCUT2D eigenvalue weighted by atomic mass is 32.1. The molecule has 1 saturated heterocycles. The topological polar surface area (TPSA) is 104 Å². The van der Waals surface area contributed by atoms with Crippen LogP contribution < -0.4 is 11.1 Å². The van der Waals surface area contributed by atoms with Gasteiger partial charge in [-0.25, -0.2) is 9.97 Å². The van der Waals surface area contributed by atoms with Crippen LogP contribution >= 0.6 is 11.3 Å². The molecule has 2 aliphatic rings. The van der Waals surface area contributed by atoms with E-state index in [9.17, 15) is 9.59 Å². The first-order valence-electron chi connectivity index (χ1n) is 12.2. The maximum Gasteiger partial charge on any atom is 0.313 e. The fourth-order valence-corrected chi connectivity index (χ4v) is 5.92. The van der Waals surface area contributed by atoms with Crippen molar-refractivity contribution in [1.29, 1.82) is 0 Å². The van der Waals surface area contributed by atoms with Gasteiger partial charge in [0.05, 0.1) is 28.1 Å². The molecule has 1 aliphatic heterocycles. The minimum absolute atomic E-state index is 0.153. The number of aromatic nitrogens is 2. The zero-order valence-electron chi connectivity index (χ0n) is 20.5. The molecule has 8 nitrogen and oxygen atoms in total. The average molecular weight is 493 g/mol. The summed E-state index contributed by atoms with van der Waals surface area (Å²) in [7, 11) is 4.06. The van der Waals surface area contributed by atoms with Gasteiger partial charge in [0.25, 0.3) is 0 Å². The summed E-state index contributed by atoms with van der Waals surface area (Å²) >= 11 is 1.69. The maximum atomic E-state index is 13.4. The lowest BCUT2D eigenvalue weighted by atomic mass is 9.89. The molecule has 1 aromatic carbocycles. The third-order valence-corrected chi connectivity index (χ3v) is 7.81. The van der Waals surface area contributed by atoms with Crippen LogP contribution in [0.15, 0.2) is 30.5 Å². The molecule has 1 saturated carbocycles. The Kier molecular flexibility index (Phi) is 6.46. The third kappa shape index (κ3) is 5.16. The molecule has 3 heterocycles. The molecule has 2 atom stereocenters. The van der Waals surface area contributed by atoms with Crippen molar-refractivity contribution >= 4 is 44.9 Å². The maximum absolute atomic E-state index is 13.4. The highest BCUT2D eigenvalue weighted by molar-refractivity contribution is 7.18. The second-order valence-electron chi connectivity index (χ2n) is 10.2. The van der Waals surface area contributed by atoms with Gasteiger partial charge in [-0.3, -0.25) is 9.59 Å². The molecule has 184 valence electrons. The standard InChI is InChI=1S/C26H32N6O2S/c1-15-4-8-21(17-7-9-22-20(10-17)30-23(35-22)14-31(2)3)32(13-15)26(34)25(33)29-18-11-19(16-5-6-16)24(27)28-12-18/h7,9-12,15-16,21H,4-6,8,13-14H2,1-3H3,(H2,27,28)(H,29,33)/t15-,21+/m0/s1. The van der Waals surface area contributed by atoms with Crippen molar-refractivity contribution in [3.05, 3.63) is 46.6 Å². The van der Waals surface area contributed by atoms with Crippen LogP contribution in [0, 0.1) is 5.92 Å². The lowest BCUT2D eigenvalue weighted by molar-refractivity contribution is -0.146. The van der Waals surface area contributed by atoms with E-state index in [0.29, 0.717) is 29.9 Å². The zero-order valence-corrected chi connectivity index (χ0v) is 21.3. The van der Waals surface area contributed by atoms with Crippen molar-refractivity contribution in [2.45, 2.75) is 51.1 Å². The normalized spacial score (nSPS) is 20.4. The Hall–Kier alpha value is -3.04. The Morgan fingerprint density at radius 2 is 2.00 bits per heavy atom. The molecule has 2 amide bonds. The second-order valence-corrected chi connectivity index (χ2v) is 11.3. The van der Waals surface area contributed by atoms with Crippen LogP contribution in [-0.4, -0.2) is 52.2 Å². The van der Waals surface area contributed by atoms with Gasteiger partial charge in [-0.05, 0) is 80.9 Å². The smallest absolute Gasteiger partial charge is 0.313 e. The summed E-state index contributed by atoms with van der Waals surface area (Å²) in [6.07, 6.45) is 5.49. The van der Waals surface area contributed by atoms with Crippen LogP contribution in [0.2, 0.25) is 0 Å². The number of carbonyl (C=O) groups is 2. The van der Waals surface area contributed by atoms with Gasteiger partial charge in [0, 0.05) is 13.1 Å². The predicted octanol–water partition coefficient (Wildman–Crippen LogP) is 4.15. The van der Waals surface area contributed by atoms with Crippen LogP contribution in [0.4, 0.5) is 11.5 Å². The molecule has 35 heavy (non-hydrogen) atoms. The summed E-state index contributed by atoms with van der Waals surface area (Å²) in [5.74, 6) is 0.0740. The number of anilines is 2. The summed E-state index contributed by atoms with van der Waals surface area (Å²) in [5.41, 5.74) is 9.43. The number of pyridine rings is 1. The van der Waals surface area contributed by atoms with Gasteiger partial charge < -0.3 is 20.9 Å². The molecule has 0 spiro atoms. The van der Waals surface area contributed by atoms with Crippen molar-refractivity contribution < 1.29 is 9.59 Å².